The molecule has 4 aromatic rings. The number of carbonyl (C=O) groups is 1. The summed E-state index contributed by atoms with van der Waals surface area (Å²) >= 11 is 1.83. The van der Waals surface area contributed by atoms with E-state index in [2.05, 4.69) is 81.4 Å². The standard InChI is InChI=1S/C35H42N2O2S/c1-8-24-17-28(24)33(39)35(6,7)19-31-32(40-34(3,4)5)29-18-27(38)15-16-30(29)37(31)21-23-10-13-25(14-11-23)26-12-9-22(2)36-20-26/h9-16,18,20,24,28,38H,8,17,19,21H2,1-7H3/t24-,28+/m0/s1. The highest BCUT2D eigenvalue weighted by Crippen LogP contribution is 2.48. The van der Waals surface area contributed by atoms with Gasteiger partial charge in [0.2, 0.25) is 0 Å². The molecule has 5 rings (SSSR count). The van der Waals surface area contributed by atoms with E-state index in [-0.39, 0.29) is 16.4 Å². The molecule has 0 bridgehead atoms. The predicted octanol–water partition coefficient (Wildman–Crippen LogP) is 8.84. The summed E-state index contributed by atoms with van der Waals surface area (Å²) in [6.45, 7) is 15.8. The highest BCUT2D eigenvalue weighted by atomic mass is 32.2. The summed E-state index contributed by atoms with van der Waals surface area (Å²) in [4.78, 5) is 19.3. The Balaban J connectivity index is 1.57. The van der Waals surface area contributed by atoms with Crippen molar-refractivity contribution in [2.24, 2.45) is 17.3 Å². The van der Waals surface area contributed by atoms with E-state index in [1.807, 2.05) is 43.1 Å². The lowest BCUT2D eigenvalue weighted by Crippen LogP contribution is -2.30. The van der Waals surface area contributed by atoms with Crippen LogP contribution in [0.1, 0.15) is 71.3 Å². The number of aromatic hydroxyl groups is 1. The van der Waals surface area contributed by atoms with Crippen molar-refractivity contribution in [1.29, 1.82) is 0 Å². The van der Waals surface area contributed by atoms with Crippen LogP contribution in [-0.4, -0.2) is 25.2 Å². The summed E-state index contributed by atoms with van der Waals surface area (Å²) in [6, 6.07) is 18.5. The van der Waals surface area contributed by atoms with Crippen LogP contribution in [0, 0.1) is 24.2 Å². The lowest BCUT2D eigenvalue weighted by Gasteiger charge is -2.27. The number of carbonyl (C=O) groups excluding carboxylic acids is 1. The number of ketones is 1. The maximum absolute atomic E-state index is 13.7. The number of fused-ring (bicyclic) bond motifs is 1. The zero-order chi connectivity index (χ0) is 28.8. The monoisotopic (exact) mass is 554 g/mol. The molecule has 2 aromatic heterocycles. The van der Waals surface area contributed by atoms with E-state index in [9.17, 15) is 9.90 Å². The molecule has 4 nitrogen and oxygen atoms in total. The molecule has 0 unspecified atom stereocenters. The van der Waals surface area contributed by atoms with E-state index in [4.69, 9.17) is 0 Å². The Morgan fingerprint density at radius 1 is 1.02 bits per heavy atom. The Hall–Kier alpha value is -3.05. The molecule has 210 valence electrons. The van der Waals surface area contributed by atoms with Gasteiger partial charge in [0, 0.05) is 68.0 Å². The minimum absolute atomic E-state index is 0.0268. The number of hydrogen-bond acceptors (Lipinski definition) is 4. The smallest absolute Gasteiger partial charge is 0.142 e. The number of benzene rings is 2. The summed E-state index contributed by atoms with van der Waals surface area (Å²) in [5, 5.41) is 11.5. The van der Waals surface area contributed by atoms with Gasteiger partial charge in [-0.2, -0.15) is 0 Å². The molecule has 0 radical (unpaired) electrons. The van der Waals surface area contributed by atoms with Crippen molar-refractivity contribution in [3.05, 3.63) is 77.7 Å². The second-order valence-electron chi connectivity index (χ2n) is 13.1. The van der Waals surface area contributed by atoms with E-state index >= 15 is 0 Å². The quantitative estimate of drug-likeness (QED) is 0.210. The van der Waals surface area contributed by atoms with Gasteiger partial charge in [-0.1, -0.05) is 78.3 Å². The molecule has 1 aliphatic rings. The van der Waals surface area contributed by atoms with Crippen LogP contribution in [-0.2, 0) is 17.8 Å². The summed E-state index contributed by atoms with van der Waals surface area (Å²) < 4.78 is 2.35. The number of aryl methyl sites for hydroxylation is 1. The predicted molar refractivity (Wildman–Crippen MR) is 167 cm³/mol. The third-order valence-corrected chi connectivity index (χ3v) is 9.38. The van der Waals surface area contributed by atoms with Crippen LogP contribution in [0.5, 0.6) is 5.75 Å². The van der Waals surface area contributed by atoms with Crippen LogP contribution in [0.2, 0.25) is 0 Å². The maximum atomic E-state index is 13.7. The molecule has 5 heteroatoms. The average molecular weight is 555 g/mol. The molecule has 2 heterocycles. The van der Waals surface area contributed by atoms with Gasteiger partial charge in [-0.15, -0.1) is 11.8 Å². The first kappa shape index (κ1) is 28.5. The fraction of sp³-hybridized carbons (Fsp3) is 0.429. The van der Waals surface area contributed by atoms with Crippen molar-refractivity contribution >= 4 is 28.4 Å². The molecule has 1 saturated carbocycles. The summed E-state index contributed by atoms with van der Waals surface area (Å²) in [5.41, 5.74) is 6.25. The second kappa shape index (κ2) is 10.7. The number of rotatable bonds is 9. The first-order chi connectivity index (χ1) is 18.9. The number of pyridine rings is 1. The van der Waals surface area contributed by atoms with Crippen LogP contribution >= 0.6 is 11.8 Å². The van der Waals surface area contributed by atoms with E-state index < -0.39 is 5.41 Å². The zero-order valence-corrected chi connectivity index (χ0v) is 25.7. The van der Waals surface area contributed by atoms with Gasteiger partial charge >= 0.3 is 0 Å². The molecule has 1 N–H and O–H groups in total. The molecular weight excluding hydrogens is 512 g/mol. The number of Topliss-reactive ketones (excluding diaryl/α,β-unsaturated/α-hetero) is 1. The summed E-state index contributed by atoms with van der Waals surface area (Å²) in [5.74, 6) is 1.40. The van der Waals surface area contributed by atoms with Crippen molar-refractivity contribution in [1.82, 2.24) is 9.55 Å². The Bertz CT molecular complexity index is 1530. The van der Waals surface area contributed by atoms with Crippen molar-refractivity contribution in [3.63, 3.8) is 0 Å². The fourth-order valence-corrected chi connectivity index (χ4v) is 6.98. The lowest BCUT2D eigenvalue weighted by molar-refractivity contribution is -0.128. The van der Waals surface area contributed by atoms with E-state index in [1.165, 1.54) is 16.2 Å². The van der Waals surface area contributed by atoms with Gasteiger partial charge in [0.25, 0.3) is 0 Å². The topological polar surface area (TPSA) is 55.1 Å². The maximum Gasteiger partial charge on any atom is 0.142 e. The van der Waals surface area contributed by atoms with Gasteiger partial charge < -0.3 is 9.67 Å². The molecule has 2 atom stereocenters. The third kappa shape index (κ3) is 6.00. The van der Waals surface area contributed by atoms with E-state index in [1.54, 1.807) is 6.07 Å². The highest BCUT2D eigenvalue weighted by Gasteiger charge is 2.47. The molecule has 1 aliphatic carbocycles. The number of aromatic nitrogens is 2. The third-order valence-electron chi connectivity index (χ3n) is 8.11. The molecule has 0 spiro atoms. The normalized spacial score (nSPS) is 17.4. The van der Waals surface area contributed by atoms with Crippen LogP contribution in [0.3, 0.4) is 0 Å². The fourth-order valence-electron chi connectivity index (χ4n) is 5.79. The second-order valence-corrected chi connectivity index (χ2v) is 14.9. The van der Waals surface area contributed by atoms with E-state index in [0.717, 1.165) is 40.6 Å². The van der Waals surface area contributed by atoms with Crippen LogP contribution in [0.15, 0.2) is 65.7 Å². The minimum atomic E-state index is -0.474. The van der Waals surface area contributed by atoms with Crippen molar-refractivity contribution in [2.45, 2.75) is 83.9 Å². The van der Waals surface area contributed by atoms with Crippen molar-refractivity contribution < 1.29 is 9.90 Å². The Kier molecular flexibility index (Phi) is 7.64. The van der Waals surface area contributed by atoms with Crippen molar-refractivity contribution in [3.8, 4) is 16.9 Å². The first-order valence-corrected chi connectivity index (χ1v) is 15.3. The van der Waals surface area contributed by atoms with Crippen LogP contribution < -0.4 is 0 Å². The van der Waals surface area contributed by atoms with Gasteiger partial charge in [-0.25, -0.2) is 0 Å². The Labute approximate surface area is 243 Å². The number of nitrogens with zero attached hydrogens (tertiary/aromatic N) is 2. The minimum Gasteiger partial charge on any atom is -0.508 e. The van der Waals surface area contributed by atoms with Gasteiger partial charge in [0.15, 0.2) is 0 Å². The molecular formula is C35H42N2O2S. The van der Waals surface area contributed by atoms with Crippen molar-refractivity contribution in [2.75, 3.05) is 0 Å². The Morgan fingerprint density at radius 3 is 2.33 bits per heavy atom. The molecule has 0 saturated heterocycles. The van der Waals surface area contributed by atoms with E-state index in [0.29, 0.717) is 24.7 Å². The van der Waals surface area contributed by atoms with Gasteiger partial charge in [0.1, 0.15) is 11.5 Å². The number of hydrogen-bond donors (Lipinski definition) is 1. The summed E-state index contributed by atoms with van der Waals surface area (Å²) in [7, 11) is 0. The van der Waals surface area contributed by atoms with Gasteiger partial charge in [0.05, 0.1) is 0 Å². The van der Waals surface area contributed by atoms with Crippen LogP contribution in [0.25, 0.3) is 22.0 Å². The molecule has 40 heavy (non-hydrogen) atoms. The Morgan fingerprint density at radius 2 is 1.73 bits per heavy atom. The summed E-state index contributed by atoms with van der Waals surface area (Å²) in [6.07, 6.45) is 4.69. The zero-order valence-electron chi connectivity index (χ0n) is 24.9. The lowest BCUT2D eigenvalue weighted by atomic mass is 9.80. The molecule has 1 fully saturated rings. The highest BCUT2D eigenvalue weighted by molar-refractivity contribution is 8.00. The van der Waals surface area contributed by atoms with Gasteiger partial charge in [-0.05, 0) is 54.7 Å². The SMILES string of the molecule is CC[C@H]1C[C@H]1C(=O)C(C)(C)Cc1c(SC(C)(C)C)c2cc(O)ccc2n1Cc1ccc(-c2ccc(C)nc2)cc1. The number of phenolic OH excluding ortho intramolecular Hbond substituents is 1. The molecule has 0 amide bonds. The van der Waals surface area contributed by atoms with Gasteiger partial charge in [-0.3, -0.25) is 9.78 Å². The largest absolute Gasteiger partial charge is 0.508 e. The average Bonchev–Trinajstić information content (AvgIpc) is 3.64. The number of phenols is 1. The molecule has 0 aliphatic heterocycles. The van der Waals surface area contributed by atoms with Crippen LogP contribution in [0.4, 0.5) is 0 Å². The first-order valence-electron chi connectivity index (χ1n) is 14.5. The number of thioether (sulfide) groups is 1. The molecule has 2 aromatic carbocycles.